The second-order valence-corrected chi connectivity index (χ2v) is 6.56. The average Bonchev–Trinajstić information content (AvgIpc) is 3.06. The number of aryl methyl sites for hydroxylation is 2. The number of fused-ring (bicyclic) bond motifs is 1. The second kappa shape index (κ2) is 7.21. The van der Waals surface area contributed by atoms with Crippen molar-refractivity contribution in [3.63, 3.8) is 0 Å². The van der Waals surface area contributed by atoms with Crippen molar-refractivity contribution in [2.24, 2.45) is 7.05 Å². The van der Waals surface area contributed by atoms with Gasteiger partial charge in [0.15, 0.2) is 0 Å². The van der Waals surface area contributed by atoms with Gasteiger partial charge in [-0.15, -0.1) is 0 Å². The molecule has 4 aromatic rings. The number of nitrogens with zero attached hydrogens (tertiary/aromatic N) is 6. The first-order valence-corrected chi connectivity index (χ1v) is 8.80. The Bertz CT molecular complexity index is 1360. The minimum atomic E-state index is -0.926. The lowest BCUT2D eigenvalue weighted by atomic mass is 10.1. The van der Waals surface area contributed by atoms with Crippen LogP contribution >= 0.6 is 0 Å². The molecule has 10 heteroatoms. The molecule has 0 saturated carbocycles. The maximum absolute atomic E-state index is 13.8. The van der Waals surface area contributed by atoms with E-state index < -0.39 is 16.4 Å². The fourth-order valence-electron chi connectivity index (χ4n) is 3.15. The van der Waals surface area contributed by atoms with Gasteiger partial charge < -0.3 is 5.32 Å². The molecular weight excluding hydrogens is 389 g/mol. The van der Waals surface area contributed by atoms with E-state index in [0.29, 0.717) is 17.0 Å². The van der Waals surface area contributed by atoms with Crippen molar-refractivity contribution in [3.8, 4) is 17.5 Å². The van der Waals surface area contributed by atoms with Crippen LogP contribution in [-0.4, -0.2) is 24.7 Å². The van der Waals surface area contributed by atoms with Gasteiger partial charge in [-0.05, 0) is 24.6 Å². The molecule has 0 spiro atoms. The molecule has 2 heterocycles. The maximum Gasteiger partial charge on any atom is 0.306 e. The molecular formula is C20H14FN7O2. The second-order valence-electron chi connectivity index (χ2n) is 6.56. The summed E-state index contributed by atoms with van der Waals surface area (Å²) in [4.78, 5) is 18.8. The quantitative estimate of drug-likeness (QED) is 0.403. The van der Waals surface area contributed by atoms with Gasteiger partial charge in [0.1, 0.15) is 17.5 Å². The summed E-state index contributed by atoms with van der Waals surface area (Å²) in [6.07, 6.45) is 1.35. The smallest absolute Gasteiger partial charge is 0.306 e. The first kappa shape index (κ1) is 18.9. The zero-order chi connectivity index (χ0) is 21.4. The van der Waals surface area contributed by atoms with Crippen molar-refractivity contribution in [2.75, 3.05) is 5.32 Å². The number of nitrogens with one attached hydrogen (secondary N) is 1. The van der Waals surface area contributed by atoms with E-state index in [1.54, 1.807) is 18.7 Å². The number of rotatable bonds is 4. The first-order valence-electron chi connectivity index (χ1n) is 8.80. The van der Waals surface area contributed by atoms with Gasteiger partial charge in [-0.25, -0.2) is 9.97 Å². The van der Waals surface area contributed by atoms with Crippen molar-refractivity contribution >= 4 is 28.2 Å². The fraction of sp³-hybridized carbons (Fsp3) is 0.100. The van der Waals surface area contributed by atoms with Crippen LogP contribution in [0.5, 0.6) is 0 Å². The SMILES string of the molecule is Cc1cc(F)c([N+](=O)[O-])cc1Nc1ncc(C#N)c(-c2nn(C)c3ccccc23)n1. The summed E-state index contributed by atoms with van der Waals surface area (Å²) < 4.78 is 15.5. The summed E-state index contributed by atoms with van der Waals surface area (Å²) >= 11 is 0. The molecule has 0 atom stereocenters. The molecule has 0 aliphatic carbocycles. The maximum atomic E-state index is 13.8. The zero-order valence-electron chi connectivity index (χ0n) is 15.9. The lowest BCUT2D eigenvalue weighted by Gasteiger charge is -2.10. The predicted molar refractivity (Wildman–Crippen MR) is 108 cm³/mol. The lowest BCUT2D eigenvalue weighted by molar-refractivity contribution is -0.387. The van der Waals surface area contributed by atoms with E-state index in [1.165, 1.54) is 6.20 Å². The van der Waals surface area contributed by atoms with E-state index in [-0.39, 0.29) is 17.2 Å². The van der Waals surface area contributed by atoms with Crippen molar-refractivity contribution in [3.05, 3.63) is 69.7 Å². The number of benzene rings is 2. The van der Waals surface area contributed by atoms with Gasteiger partial charge in [-0.2, -0.15) is 14.8 Å². The number of hydrogen-bond donors (Lipinski definition) is 1. The third-order valence-electron chi connectivity index (χ3n) is 4.63. The van der Waals surface area contributed by atoms with Crippen molar-refractivity contribution in [1.29, 1.82) is 5.26 Å². The number of aromatic nitrogens is 4. The van der Waals surface area contributed by atoms with Crippen LogP contribution in [0.1, 0.15) is 11.1 Å². The molecule has 4 rings (SSSR count). The Morgan fingerprint density at radius 1 is 1.27 bits per heavy atom. The predicted octanol–water partition coefficient (Wildman–Crippen LogP) is 4.00. The van der Waals surface area contributed by atoms with E-state index in [1.807, 2.05) is 24.3 Å². The molecule has 9 nitrogen and oxygen atoms in total. The van der Waals surface area contributed by atoms with E-state index in [9.17, 15) is 19.8 Å². The van der Waals surface area contributed by atoms with E-state index in [4.69, 9.17) is 0 Å². The molecule has 148 valence electrons. The van der Waals surface area contributed by atoms with Crippen LogP contribution in [0.25, 0.3) is 22.3 Å². The highest BCUT2D eigenvalue weighted by Crippen LogP contribution is 2.31. The Balaban J connectivity index is 1.82. The highest BCUT2D eigenvalue weighted by Gasteiger charge is 2.19. The number of nitro groups is 1. The van der Waals surface area contributed by atoms with Crippen LogP contribution in [-0.2, 0) is 7.05 Å². The van der Waals surface area contributed by atoms with Crippen LogP contribution in [0, 0.1) is 34.2 Å². The number of nitro benzene ring substituents is 1. The van der Waals surface area contributed by atoms with Crippen LogP contribution in [0.4, 0.5) is 21.7 Å². The van der Waals surface area contributed by atoms with Crippen LogP contribution in [0.2, 0.25) is 0 Å². The van der Waals surface area contributed by atoms with Crippen LogP contribution in [0.15, 0.2) is 42.6 Å². The molecule has 2 aromatic heterocycles. The summed E-state index contributed by atoms with van der Waals surface area (Å²) in [6.45, 7) is 1.60. The van der Waals surface area contributed by atoms with Crippen LogP contribution in [0.3, 0.4) is 0 Å². The number of para-hydroxylation sites is 1. The minimum absolute atomic E-state index is 0.0998. The highest BCUT2D eigenvalue weighted by atomic mass is 19.1. The molecule has 0 fully saturated rings. The summed E-state index contributed by atoms with van der Waals surface area (Å²) in [7, 11) is 1.79. The van der Waals surface area contributed by atoms with Gasteiger partial charge in [-0.1, -0.05) is 18.2 Å². The number of nitriles is 1. The summed E-state index contributed by atoms with van der Waals surface area (Å²) in [5.41, 5.74) is 1.99. The number of halogens is 1. The Hall–Kier alpha value is -4.39. The molecule has 0 radical (unpaired) electrons. The molecule has 0 amide bonds. The Morgan fingerprint density at radius 2 is 2.03 bits per heavy atom. The van der Waals surface area contributed by atoms with Gasteiger partial charge in [0.05, 0.1) is 27.9 Å². The van der Waals surface area contributed by atoms with Gasteiger partial charge in [-0.3, -0.25) is 14.8 Å². The van der Waals surface area contributed by atoms with E-state index in [2.05, 4.69) is 26.5 Å². The minimum Gasteiger partial charge on any atom is -0.324 e. The molecule has 0 bridgehead atoms. The molecule has 0 aliphatic heterocycles. The van der Waals surface area contributed by atoms with Crippen molar-refractivity contribution in [2.45, 2.75) is 6.92 Å². The largest absolute Gasteiger partial charge is 0.324 e. The van der Waals surface area contributed by atoms with Gasteiger partial charge in [0.25, 0.3) is 0 Å². The van der Waals surface area contributed by atoms with E-state index >= 15 is 0 Å². The molecule has 0 unspecified atom stereocenters. The Kier molecular flexibility index (Phi) is 4.56. The first-order chi connectivity index (χ1) is 14.4. The Morgan fingerprint density at radius 3 is 2.77 bits per heavy atom. The number of hydrogen-bond acceptors (Lipinski definition) is 7. The fourth-order valence-corrected chi connectivity index (χ4v) is 3.15. The van der Waals surface area contributed by atoms with Crippen molar-refractivity contribution < 1.29 is 9.31 Å². The van der Waals surface area contributed by atoms with Gasteiger partial charge in [0.2, 0.25) is 11.8 Å². The van der Waals surface area contributed by atoms with Crippen LogP contribution < -0.4 is 5.32 Å². The average molecular weight is 403 g/mol. The molecule has 30 heavy (non-hydrogen) atoms. The molecule has 1 N–H and O–H groups in total. The summed E-state index contributed by atoms with van der Waals surface area (Å²) in [5, 5.41) is 28.7. The summed E-state index contributed by atoms with van der Waals surface area (Å²) in [6, 6.07) is 11.7. The van der Waals surface area contributed by atoms with E-state index in [0.717, 1.165) is 23.0 Å². The number of anilines is 2. The third kappa shape index (κ3) is 3.18. The zero-order valence-corrected chi connectivity index (χ0v) is 15.9. The van der Waals surface area contributed by atoms with Gasteiger partial charge in [0, 0.05) is 18.5 Å². The topological polar surface area (TPSA) is 123 Å². The highest BCUT2D eigenvalue weighted by molar-refractivity contribution is 5.93. The normalized spacial score (nSPS) is 10.7. The van der Waals surface area contributed by atoms with Crippen molar-refractivity contribution in [1.82, 2.24) is 19.7 Å². The third-order valence-corrected chi connectivity index (χ3v) is 4.63. The monoisotopic (exact) mass is 403 g/mol. The summed E-state index contributed by atoms with van der Waals surface area (Å²) in [5.74, 6) is -0.827. The lowest BCUT2D eigenvalue weighted by Crippen LogP contribution is -2.03. The molecule has 0 saturated heterocycles. The standard InChI is InChI=1S/C20H14FN7O2/c1-11-7-14(21)17(28(29)30)8-15(11)24-20-23-10-12(9-22)18(25-20)19-13-5-3-4-6-16(13)27(2)26-19/h3-8,10H,1-2H3,(H,23,24,25). The van der Waals surface area contributed by atoms with Gasteiger partial charge >= 0.3 is 5.69 Å². The Labute approximate surface area is 169 Å². The molecule has 0 aliphatic rings. The molecule has 2 aromatic carbocycles.